The van der Waals surface area contributed by atoms with Crippen molar-refractivity contribution in [2.75, 3.05) is 6.61 Å². The van der Waals surface area contributed by atoms with Crippen LogP contribution in [0.1, 0.15) is 36.8 Å². The highest BCUT2D eigenvalue weighted by atomic mass is 16.6. The van der Waals surface area contributed by atoms with Crippen molar-refractivity contribution >= 4 is 0 Å². The minimum Gasteiger partial charge on any atom is -0.302 e. The maximum Gasteiger partial charge on any atom is 0.0654 e. The lowest BCUT2D eigenvalue weighted by Crippen LogP contribution is -2.20. The summed E-state index contributed by atoms with van der Waals surface area (Å²) in [6, 6.07) is 0.184. The largest absolute Gasteiger partial charge is 0.302 e. The van der Waals surface area contributed by atoms with Gasteiger partial charge in [0.15, 0.2) is 0 Å². The van der Waals surface area contributed by atoms with Crippen LogP contribution in [-0.4, -0.2) is 16.4 Å². The minimum atomic E-state index is 0.184. The summed E-state index contributed by atoms with van der Waals surface area (Å²) >= 11 is 0. The molecule has 0 saturated heterocycles. The van der Waals surface area contributed by atoms with Gasteiger partial charge in [-0.3, -0.25) is 4.68 Å². The number of nitrogens with zero attached hydrogens (tertiary/aromatic N) is 2. The van der Waals surface area contributed by atoms with E-state index in [1.54, 1.807) is 0 Å². The molecular formula is C10H19N3O. The summed E-state index contributed by atoms with van der Waals surface area (Å²) < 4.78 is 1.90. The Kier molecular flexibility index (Phi) is 3.66. The molecule has 0 fully saturated rings. The molecule has 1 heterocycles. The van der Waals surface area contributed by atoms with Gasteiger partial charge in [-0.05, 0) is 27.7 Å². The predicted molar refractivity (Wildman–Crippen MR) is 55.9 cm³/mol. The Bertz CT molecular complexity index is 307. The topological polar surface area (TPSA) is 39.1 Å². The van der Waals surface area contributed by atoms with Gasteiger partial charge < -0.3 is 4.84 Å². The molecule has 80 valence electrons. The van der Waals surface area contributed by atoms with Gasteiger partial charge in [0.1, 0.15) is 0 Å². The molecule has 0 aliphatic heterocycles. The molecule has 1 rings (SSSR count). The van der Waals surface area contributed by atoms with Gasteiger partial charge in [0.2, 0.25) is 0 Å². The molecule has 0 spiro atoms. The second-order valence-corrected chi connectivity index (χ2v) is 3.48. The Morgan fingerprint density at radius 1 is 1.50 bits per heavy atom. The number of nitrogens with one attached hydrogen (secondary N) is 1. The SMILES string of the molecule is CCONC(C)c1c(C)nn(C)c1C. The molecule has 14 heavy (non-hydrogen) atoms. The van der Waals surface area contributed by atoms with Crippen LogP contribution >= 0.6 is 0 Å². The van der Waals surface area contributed by atoms with Crippen molar-refractivity contribution in [3.8, 4) is 0 Å². The van der Waals surface area contributed by atoms with Crippen molar-refractivity contribution < 1.29 is 4.84 Å². The second-order valence-electron chi connectivity index (χ2n) is 3.48. The molecule has 1 unspecified atom stereocenters. The van der Waals surface area contributed by atoms with Gasteiger partial charge in [-0.1, -0.05) is 0 Å². The summed E-state index contributed by atoms with van der Waals surface area (Å²) in [7, 11) is 1.96. The van der Waals surface area contributed by atoms with Crippen LogP contribution in [-0.2, 0) is 11.9 Å². The van der Waals surface area contributed by atoms with Crippen LogP contribution in [0.5, 0.6) is 0 Å². The van der Waals surface area contributed by atoms with Crippen molar-refractivity contribution in [3.63, 3.8) is 0 Å². The molecule has 4 nitrogen and oxygen atoms in total. The van der Waals surface area contributed by atoms with Crippen LogP contribution < -0.4 is 5.48 Å². The van der Waals surface area contributed by atoms with Crippen molar-refractivity contribution in [2.24, 2.45) is 7.05 Å². The van der Waals surface area contributed by atoms with Crippen LogP contribution in [0.3, 0.4) is 0 Å². The summed E-state index contributed by atoms with van der Waals surface area (Å²) in [6.45, 7) is 8.80. The minimum absolute atomic E-state index is 0.184. The third kappa shape index (κ3) is 2.13. The third-order valence-electron chi connectivity index (χ3n) is 2.40. The van der Waals surface area contributed by atoms with Gasteiger partial charge in [0, 0.05) is 18.3 Å². The van der Waals surface area contributed by atoms with Gasteiger partial charge in [-0.2, -0.15) is 10.6 Å². The summed E-state index contributed by atoms with van der Waals surface area (Å²) in [6.07, 6.45) is 0. The van der Waals surface area contributed by atoms with E-state index in [1.807, 2.05) is 25.6 Å². The fourth-order valence-electron chi connectivity index (χ4n) is 1.68. The van der Waals surface area contributed by atoms with E-state index < -0.39 is 0 Å². The molecule has 0 amide bonds. The Morgan fingerprint density at radius 2 is 2.14 bits per heavy atom. The van der Waals surface area contributed by atoms with Gasteiger partial charge in [-0.15, -0.1) is 0 Å². The summed E-state index contributed by atoms with van der Waals surface area (Å²) in [5.74, 6) is 0. The quantitative estimate of drug-likeness (QED) is 0.746. The number of hydrogen-bond acceptors (Lipinski definition) is 3. The first-order valence-corrected chi connectivity index (χ1v) is 4.95. The molecule has 1 aromatic rings. The van der Waals surface area contributed by atoms with Gasteiger partial charge in [-0.25, -0.2) is 0 Å². The van der Waals surface area contributed by atoms with Crippen molar-refractivity contribution in [1.82, 2.24) is 15.3 Å². The van der Waals surface area contributed by atoms with E-state index in [0.29, 0.717) is 6.61 Å². The summed E-state index contributed by atoms with van der Waals surface area (Å²) in [5.41, 5.74) is 6.46. The number of hydrogen-bond donors (Lipinski definition) is 1. The van der Waals surface area contributed by atoms with E-state index in [4.69, 9.17) is 4.84 Å². The van der Waals surface area contributed by atoms with E-state index >= 15 is 0 Å². The van der Waals surface area contributed by atoms with Crippen molar-refractivity contribution in [3.05, 3.63) is 17.0 Å². The Balaban J connectivity index is 2.83. The zero-order valence-electron chi connectivity index (χ0n) is 9.59. The zero-order chi connectivity index (χ0) is 10.7. The molecule has 0 saturated carbocycles. The Labute approximate surface area is 85.2 Å². The van der Waals surface area contributed by atoms with Crippen LogP contribution in [0.2, 0.25) is 0 Å². The highest BCUT2D eigenvalue weighted by Crippen LogP contribution is 2.20. The molecule has 0 aliphatic rings. The molecule has 1 atom stereocenters. The molecule has 1 aromatic heterocycles. The number of rotatable bonds is 4. The number of hydroxylamine groups is 1. The van der Waals surface area contributed by atoms with E-state index in [-0.39, 0.29) is 6.04 Å². The molecule has 0 radical (unpaired) electrons. The second kappa shape index (κ2) is 4.57. The molecule has 0 aromatic carbocycles. The lowest BCUT2D eigenvalue weighted by Gasteiger charge is -2.13. The van der Waals surface area contributed by atoms with Gasteiger partial charge >= 0.3 is 0 Å². The van der Waals surface area contributed by atoms with Crippen LogP contribution in [0.25, 0.3) is 0 Å². The van der Waals surface area contributed by atoms with Gasteiger partial charge in [0.05, 0.1) is 18.3 Å². The highest BCUT2D eigenvalue weighted by molar-refractivity contribution is 5.27. The Morgan fingerprint density at radius 3 is 2.57 bits per heavy atom. The van der Waals surface area contributed by atoms with Crippen molar-refractivity contribution in [1.29, 1.82) is 0 Å². The zero-order valence-corrected chi connectivity index (χ0v) is 9.59. The van der Waals surface area contributed by atoms with E-state index in [9.17, 15) is 0 Å². The average Bonchev–Trinajstić information content (AvgIpc) is 2.38. The normalized spacial score (nSPS) is 13.2. The molecule has 0 aliphatic carbocycles. The molecular weight excluding hydrogens is 178 g/mol. The lowest BCUT2D eigenvalue weighted by atomic mass is 10.1. The monoisotopic (exact) mass is 197 g/mol. The van der Waals surface area contributed by atoms with Crippen LogP contribution in [0.15, 0.2) is 0 Å². The van der Waals surface area contributed by atoms with Crippen molar-refractivity contribution in [2.45, 2.75) is 33.7 Å². The molecule has 4 heteroatoms. The third-order valence-corrected chi connectivity index (χ3v) is 2.40. The maximum absolute atomic E-state index is 5.18. The average molecular weight is 197 g/mol. The fraction of sp³-hybridized carbons (Fsp3) is 0.700. The van der Waals surface area contributed by atoms with E-state index in [1.165, 1.54) is 11.3 Å². The first-order valence-electron chi connectivity index (χ1n) is 4.95. The first-order chi connectivity index (χ1) is 6.57. The number of aromatic nitrogens is 2. The number of aryl methyl sites for hydroxylation is 2. The van der Waals surface area contributed by atoms with E-state index in [0.717, 1.165) is 5.69 Å². The van der Waals surface area contributed by atoms with Crippen LogP contribution in [0, 0.1) is 13.8 Å². The lowest BCUT2D eigenvalue weighted by molar-refractivity contribution is 0.0282. The molecule has 1 N–H and O–H groups in total. The summed E-state index contributed by atoms with van der Waals surface area (Å²) in [5, 5.41) is 4.36. The summed E-state index contributed by atoms with van der Waals surface area (Å²) in [4.78, 5) is 5.18. The fourth-order valence-corrected chi connectivity index (χ4v) is 1.68. The van der Waals surface area contributed by atoms with E-state index in [2.05, 4.69) is 24.4 Å². The standard InChI is InChI=1S/C10H19N3O/c1-6-14-12-8(3)10-7(2)11-13(5)9(10)4/h8,12H,6H2,1-5H3. The Hall–Kier alpha value is -0.870. The van der Waals surface area contributed by atoms with Crippen LogP contribution in [0.4, 0.5) is 0 Å². The maximum atomic E-state index is 5.18. The molecule has 0 bridgehead atoms. The predicted octanol–water partition coefficient (Wildman–Crippen LogP) is 1.64. The van der Waals surface area contributed by atoms with Gasteiger partial charge in [0.25, 0.3) is 0 Å². The highest BCUT2D eigenvalue weighted by Gasteiger charge is 2.15. The first kappa shape index (κ1) is 11.2. The smallest absolute Gasteiger partial charge is 0.0654 e.